The lowest BCUT2D eigenvalue weighted by Gasteiger charge is -2.27. The number of alkyl halides is 2. The first-order valence-electron chi connectivity index (χ1n) is 4.15. The molecule has 1 fully saturated rings. The highest BCUT2D eigenvalue weighted by atomic mass is 19.1. The van der Waals surface area contributed by atoms with Gasteiger partial charge in [0.05, 0.1) is 0 Å². The summed E-state index contributed by atoms with van der Waals surface area (Å²) in [7, 11) is 1.73. The monoisotopic (exact) mass is 165 g/mol. The molecule has 0 amide bonds. The van der Waals surface area contributed by atoms with Crippen LogP contribution in [0.2, 0.25) is 0 Å². The molecule has 11 heavy (non-hydrogen) atoms. The summed E-state index contributed by atoms with van der Waals surface area (Å²) in [6.45, 7) is 4.78. The minimum Gasteiger partial charge on any atom is -0.301 e. The highest BCUT2D eigenvalue weighted by Gasteiger charge is 2.23. The molecule has 2 unspecified atom stereocenters. The van der Waals surface area contributed by atoms with Gasteiger partial charge in [-0.3, -0.25) is 0 Å². The van der Waals surface area contributed by atoms with Gasteiger partial charge in [0.2, 0.25) is 0 Å². The summed E-state index contributed by atoms with van der Waals surface area (Å²) >= 11 is 0. The van der Waals surface area contributed by atoms with Crippen molar-refractivity contribution in [1.29, 1.82) is 0 Å². The molecule has 2 atom stereocenters. The van der Waals surface area contributed by atoms with Gasteiger partial charge in [-0.2, -0.15) is 0 Å². The third kappa shape index (κ3) is 4.30. The largest absolute Gasteiger partial charge is 0.301 e. The Labute approximate surface area is 67.4 Å². The zero-order chi connectivity index (χ0) is 8.85. The summed E-state index contributed by atoms with van der Waals surface area (Å²) in [5.74, 6) is 0. The normalized spacial score (nSPS) is 32.5. The van der Waals surface area contributed by atoms with Crippen molar-refractivity contribution in [2.75, 3.05) is 20.1 Å². The summed E-state index contributed by atoms with van der Waals surface area (Å²) in [6.07, 6.45) is -1.83. The van der Waals surface area contributed by atoms with E-state index in [9.17, 15) is 8.78 Å². The number of hydrogen-bond acceptors (Lipinski definition) is 1. The third-order valence-corrected chi connectivity index (χ3v) is 1.53. The van der Waals surface area contributed by atoms with E-state index in [0.29, 0.717) is 13.1 Å². The van der Waals surface area contributed by atoms with Gasteiger partial charge in [0.25, 0.3) is 0 Å². The van der Waals surface area contributed by atoms with Gasteiger partial charge >= 0.3 is 0 Å². The molecular formula is C8H17F2N. The Bertz CT molecular complexity index is 73.1. The van der Waals surface area contributed by atoms with Crippen molar-refractivity contribution in [3.8, 4) is 0 Å². The SMILES string of the molecule is CC.CN1CC(F)CC(F)C1. The molecular weight excluding hydrogens is 148 g/mol. The lowest BCUT2D eigenvalue weighted by atomic mass is 10.1. The molecule has 3 heteroatoms. The average Bonchev–Trinajstić information content (AvgIpc) is 1.88. The van der Waals surface area contributed by atoms with Crippen LogP contribution in [0.5, 0.6) is 0 Å². The van der Waals surface area contributed by atoms with Gasteiger partial charge < -0.3 is 4.90 Å². The van der Waals surface area contributed by atoms with E-state index in [2.05, 4.69) is 0 Å². The number of hydrogen-bond donors (Lipinski definition) is 0. The maximum atomic E-state index is 12.4. The molecule has 1 rings (SSSR count). The van der Waals surface area contributed by atoms with Crippen molar-refractivity contribution < 1.29 is 8.78 Å². The third-order valence-electron chi connectivity index (χ3n) is 1.53. The molecule has 1 saturated heterocycles. The molecule has 0 radical (unpaired) electrons. The van der Waals surface area contributed by atoms with Crippen molar-refractivity contribution in [1.82, 2.24) is 4.90 Å². The first-order valence-corrected chi connectivity index (χ1v) is 4.15. The Hall–Kier alpha value is -0.180. The Morgan fingerprint density at radius 2 is 1.45 bits per heavy atom. The molecule has 0 saturated carbocycles. The highest BCUT2D eigenvalue weighted by Crippen LogP contribution is 2.14. The van der Waals surface area contributed by atoms with E-state index in [4.69, 9.17) is 0 Å². The molecule has 0 N–H and O–H groups in total. The molecule has 1 aliphatic rings. The van der Waals surface area contributed by atoms with Crippen LogP contribution in [0.1, 0.15) is 20.3 Å². The molecule has 68 valence electrons. The summed E-state index contributed by atoms with van der Waals surface area (Å²) < 4.78 is 24.8. The predicted octanol–water partition coefficient (Wildman–Crippen LogP) is 2.02. The Morgan fingerprint density at radius 1 is 1.09 bits per heavy atom. The van der Waals surface area contributed by atoms with Crippen molar-refractivity contribution in [3.05, 3.63) is 0 Å². The van der Waals surface area contributed by atoms with Gasteiger partial charge in [-0.1, -0.05) is 13.8 Å². The van der Waals surface area contributed by atoms with Crippen LogP contribution < -0.4 is 0 Å². The standard InChI is InChI=1S/C6H11F2N.C2H6/c1-9-3-5(7)2-6(8)4-9;1-2/h5-6H,2-4H2,1H3;1-2H3. The van der Waals surface area contributed by atoms with E-state index in [0.717, 1.165) is 0 Å². The Balaban J connectivity index is 0.000000461. The fourth-order valence-corrected chi connectivity index (χ4v) is 1.18. The summed E-state index contributed by atoms with van der Waals surface area (Å²) in [6, 6.07) is 0. The van der Waals surface area contributed by atoms with Crippen molar-refractivity contribution >= 4 is 0 Å². The van der Waals surface area contributed by atoms with E-state index in [1.807, 2.05) is 13.8 Å². The lowest BCUT2D eigenvalue weighted by Crippen LogP contribution is -2.39. The minimum atomic E-state index is -0.959. The lowest BCUT2D eigenvalue weighted by molar-refractivity contribution is 0.0917. The molecule has 1 heterocycles. The number of rotatable bonds is 0. The van der Waals surface area contributed by atoms with E-state index in [1.165, 1.54) is 0 Å². The van der Waals surface area contributed by atoms with Crippen LogP contribution in [0.15, 0.2) is 0 Å². The molecule has 0 spiro atoms. The first-order chi connectivity index (χ1) is 5.18. The quantitative estimate of drug-likeness (QED) is 0.531. The Kier molecular flexibility index (Phi) is 5.38. The molecule has 1 nitrogen and oxygen atoms in total. The number of piperidine rings is 1. The summed E-state index contributed by atoms with van der Waals surface area (Å²) in [5.41, 5.74) is 0. The van der Waals surface area contributed by atoms with Crippen LogP contribution in [0, 0.1) is 0 Å². The van der Waals surface area contributed by atoms with Gasteiger partial charge in [0.1, 0.15) is 12.3 Å². The van der Waals surface area contributed by atoms with E-state index in [-0.39, 0.29) is 6.42 Å². The van der Waals surface area contributed by atoms with Gasteiger partial charge in [0.15, 0.2) is 0 Å². The van der Waals surface area contributed by atoms with Gasteiger partial charge in [-0.15, -0.1) is 0 Å². The maximum absolute atomic E-state index is 12.4. The second-order valence-electron chi connectivity index (χ2n) is 2.65. The topological polar surface area (TPSA) is 3.24 Å². The average molecular weight is 165 g/mol. The van der Waals surface area contributed by atoms with Gasteiger partial charge in [-0.25, -0.2) is 8.78 Å². The second kappa shape index (κ2) is 5.47. The van der Waals surface area contributed by atoms with Crippen LogP contribution in [0.25, 0.3) is 0 Å². The van der Waals surface area contributed by atoms with Crippen LogP contribution in [-0.2, 0) is 0 Å². The molecule has 0 aliphatic carbocycles. The van der Waals surface area contributed by atoms with Gasteiger partial charge in [0, 0.05) is 19.5 Å². The zero-order valence-corrected chi connectivity index (χ0v) is 7.48. The highest BCUT2D eigenvalue weighted by molar-refractivity contribution is 4.76. The van der Waals surface area contributed by atoms with Crippen molar-refractivity contribution in [2.24, 2.45) is 0 Å². The minimum absolute atomic E-state index is 0.0876. The summed E-state index contributed by atoms with van der Waals surface area (Å²) in [5, 5.41) is 0. The Morgan fingerprint density at radius 3 is 1.73 bits per heavy atom. The fourth-order valence-electron chi connectivity index (χ4n) is 1.18. The molecule has 0 aromatic carbocycles. The second-order valence-corrected chi connectivity index (χ2v) is 2.65. The van der Waals surface area contributed by atoms with Crippen LogP contribution >= 0.6 is 0 Å². The van der Waals surface area contributed by atoms with E-state index in [1.54, 1.807) is 11.9 Å². The maximum Gasteiger partial charge on any atom is 0.116 e. The predicted molar refractivity (Wildman–Crippen MR) is 43.3 cm³/mol. The van der Waals surface area contributed by atoms with Crippen LogP contribution in [0.3, 0.4) is 0 Å². The fraction of sp³-hybridized carbons (Fsp3) is 1.00. The smallest absolute Gasteiger partial charge is 0.116 e. The van der Waals surface area contributed by atoms with Crippen LogP contribution in [0.4, 0.5) is 8.78 Å². The number of halogens is 2. The molecule has 0 bridgehead atoms. The molecule has 0 aromatic rings. The number of nitrogens with zero attached hydrogens (tertiary/aromatic N) is 1. The molecule has 0 aromatic heterocycles. The van der Waals surface area contributed by atoms with Crippen LogP contribution in [-0.4, -0.2) is 37.4 Å². The molecule has 1 aliphatic heterocycles. The first kappa shape index (κ1) is 10.8. The van der Waals surface area contributed by atoms with E-state index >= 15 is 0 Å². The van der Waals surface area contributed by atoms with Crippen molar-refractivity contribution in [3.63, 3.8) is 0 Å². The van der Waals surface area contributed by atoms with E-state index < -0.39 is 12.3 Å². The summed E-state index contributed by atoms with van der Waals surface area (Å²) in [4.78, 5) is 1.68. The van der Waals surface area contributed by atoms with Gasteiger partial charge in [-0.05, 0) is 7.05 Å². The van der Waals surface area contributed by atoms with Crippen molar-refractivity contribution in [2.45, 2.75) is 32.6 Å². The number of likely N-dealkylation sites (tertiary alicyclic amines) is 1. The zero-order valence-electron chi connectivity index (χ0n) is 7.48.